The number of halogens is 1. The molecule has 0 amide bonds. The van der Waals surface area contributed by atoms with Gasteiger partial charge in [-0.3, -0.25) is 0 Å². The average Bonchev–Trinajstić information content (AvgIpc) is 2.18. The minimum Gasteiger partial charge on any atom is -0.476 e. The molecule has 2 N–H and O–H groups in total. The van der Waals surface area contributed by atoms with E-state index < -0.39 is 7.12 Å². The smallest absolute Gasteiger partial charge is 0.476 e. The Kier molecular flexibility index (Phi) is 4.59. The molecule has 4 nitrogen and oxygen atoms in total. The summed E-state index contributed by atoms with van der Waals surface area (Å²) in [5.74, 6) is 0.707. The first-order valence-corrected chi connectivity index (χ1v) is 5.45. The standard InChI is InChI=1S/C10H15BClNO3/c1-6(2)5-16-10-9(12)4-8(11(14)15)7(3)13-10/h4,6,14-15H,5H2,1-3H3. The molecule has 0 unspecified atom stereocenters. The maximum Gasteiger partial charge on any atom is 0.490 e. The fourth-order valence-corrected chi connectivity index (χ4v) is 1.40. The summed E-state index contributed by atoms with van der Waals surface area (Å²) in [7, 11) is -1.57. The molecule has 0 fully saturated rings. The van der Waals surface area contributed by atoms with Crippen LogP contribution in [0.5, 0.6) is 5.88 Å². The summed E-state index contributed by atoms with van der Waals surface area (Å²) >= 11 is 5.92. The van der Waals surface area contributed by atoms with Crippen LogP contribution in [-0.2, 0) is 0 Å². The van der Waals surface area contributed by atoms with Crippen LogP contribution in [0.15, 0.2) is 6.07 Å². The first-order valence-electron chi connectivity index (χ1n) is 5.07. The third-order valence-electron chi connectivity index (χ3n) is 2.01. The number of ether oxygens (including phenoxy) is 1. The number of nitrogens with zero attached hydrogens (tertiary/aromatic N) is 1. The maximum absolute atomic E-state index is 9.05. The van der Waals surface area contributed by atoms with Crippen LogP contribution in [0.4, 0.5) is 0 Å². The van der Waals surface area contributed by atoms with Crippen LogP contribution < -0.4 is 10.2 Å². The molecule has 0 aliphatic carbocycles. The minimum atomic E-state index is -1.57. The summed E-state index contributed by atoms with van der Waals surface area (Å²) in [5, 5.41) is 18.4. The fourth-order valence-electron chi connectivity index (χ4n) is 1.18. The van der Waals surface area contributed by atoms with Crippen LogP contribution in [0.1, 0.15) is 19.5 Å². The summed E-state index contributed by atoms with van der Waals surface area (Å²) in [4.78, 5) is 4.09. The highest BCUT2D eigenvalue weighted by atomic mass is 35.5. The first-order chi connectivity index (χ1) is 7.41. The van der Waals surface area contributed by atoms with Gasteiger partial charge < -0.3 is 14.8 Å². The van der Waals surface area contributed by atoms with Gasteiger partial charge in [-0.25, -0.2) is 4.98 Å². The van der Waals surface area contributed by atoms with Crippen molar-refractivity contribution in [2.75, 3.05) is 6.61 Å². The Morgan fingerprint density at radius 3 is 2.62 bits per heavy atom. The Labute approximate surface area is 100 Å². The lowest BCUT2D eigenvalue weighted by Crippen LogP contribution is -2.33. The predicted molar refractivity (Wildman–Crippen MR) is 64.1 cm³/mol. The van der Waals surface area contributed by atoms with Crippen LogP contribution in [-0.4, -0.2) is 28.8 Å². The number of rotatable bonds is 4. The lowest BCUT2D eigenvalue weighted by Gasteiger charge is -2.12. The van der Waals surface area contributed by atoms with Gasteiger partial charge in [0.15, 0.2) is 0 Å². The maximum atomic E-state index is 9.05. The third kappa shape index (κ3) is 3.37. The van der Waals surface area contributed by atoms with Crippen molar-refractivity contribution in [3.8, 4) is 5.88 Å². The van der Waals surface area contributed by atoms with Crippen molar-refractivity contribution in [3.05, 3.63) is 16.8 Å². The molecular formula is C10H15BClNO3. The zero-order chi connectivity index (χ0) is 12.3. The van der Waals surface area contributed by atoms with Gasteiger partial charge in [-0.1, -0.05) is 25.4 Å². The van der Waals surface area contributed by atoms with Gasteiger partial charge in [0.2, 0.25) is 5.88 Å². The molecular weight excluding hydrogens is 228 g/mol. The third-order valence-corrected chi connectivity index (χ3v) is 2.28. The lowest BCUT2D eigenvalue weighted by atomic mass is 9.79. The van der Waals surface area contributed by atoms with Gasteiger partial charge in [0.1, 0.15) is 5.02 Å². The lowest BCUT2D eigenvalue weighted by molar-refractivity contribution is 0.261. The van der Waals surface area contributed by atoms with E-state index in [2.05, 4.69) is 4.98 Å². The van der Waals surface area contributed by atoms with E-state index in [1.165, 1.54) is 6.07 Å². The number of aromatic nitrogens is 1. The van der Waals surface area contributed by atoms with E-state index in [4.69, 9.17) is 26.4 Å². The van der Waals surface area contributed by atoms with E-state index in [1.54, 1.807) is 6.92 Å². The average molecular weight is 243 g/mol. The molecule has 0 saturated heterocycles. The summed E-state index contributed by atoms with van der Waals surface area (Å²) < 4.78 is 5.41. The van der Waals surface area contributed by atoms with Gasteiger partial charge in [-0.2, -0.15) is 0 Å². The van der Waals surface area contributed by atoms with Gasteiger partial charge in [-0.05, 0) is 18.9 Å². The van der Waals surface area contributed by atoms with Crippen LogP contribution >= 0.6 is 11.6 Å². The van der Waals surface area contributed by atoms with E-state index in [0.717, 1.165) is 0 Å². The number of hydrogen-bond donors (Lipinski definition) is 2. The largest absolute Gasteiger partial charge is 0.490 e. The van der Waals surface area contributed by atoms with Crippen molar-refractivity contribution in [2.45, 2.75) is 20.8 Å². The summed E-state index contributed by atoms with van der Waals surface area (Å²) in [6.45, 7) is 6.24. The van der Waals surface area contributed by atoms with Crippen LogP contribution in [0.25, 0.3) is 0 Å². The zero-order valence-corrected chi connectivity index (χ0v) is 10.3. The van der Waals surface area contributed by atoms with E-state index in [-0.39, 0.29) is 5.02 Å². The molecule has 88 valence electrons. The van der Waals surface area contributed by atoms with Gasteiger partial charge in [-0.15, -0.1) is 0 Å². The van der Waals surface area contributed by atoms with Crippen LogP contribution in [0, 0.1) is 12.8 Å². The highest BCUT2D eigenvalue weighted by molar-refractivity contribution is 6.59. The number of pyridine rings is 1. The second-order valence-corrected chi connectivity index (χ2v) is 4.44. The van der Waals surface area contributed by atoms with Crippen molar-refractivity contribution in [3.63, 3.8) is 0 Å². The number of hydrogen-bond acceptors (Lipinski definition) is 4. The van der Waals surface area contributed by atoms with Gasteiger partial charge in [0.05, 0.1) is 6.61 Å². The van der Waals surface area contributed by atoms with Crippen molar-refractivity contribution in [1.82, 2.24) is 4.98 Å². The SMILES string of the molecule is Cc1nc(OCC(C)C)c(Cl)cc1B(O)O. The highest BCUT2D eigenvalue weighted by Gasteiger charge is 2.18. The van der Waals surface area contributed by atoms with E-state index in [0.29, 0.717) is 29.6 Å². The second kappa shape index (κ2) is 5.52. The summed E-state index contributed by atoms with van der Waals surface area (Å²) in [6.07, 6.45) is 0. The number of aryl methyl sites for hydroxylation is 1. The Balaban J connectivity index is 2.92. The predicted octanol–water partition coefficient (Wildman–Crippen LogP) is 0.758. The van der Waals surface area contributed by atoms with Gasteiger partial charge in [0, 0.05) is 11.2 Å². The topological polar surface area (TPSA) is 62.6 Å². The molecule has 0 aliphatic rings. The monoisotopic (exact) mass is 243 g/mol. The molecule has 1 rings (SSSR count). The minimum absolute atomic E-state index is 0.286. The molecule has 1 aromatic rings. The summed E-state index contributed by atoms with van der Waals surface area (Å²) in [5.41, 5.74) is 0.792. The normalized spacial score (nSPS) is 10.7. The molecule has 1 heterocycles. The quantitative estimate of drug-likeness (QED) is 0.767. The Hall–Kier alpha value is -0.775. The van der Waals surface area contributed by atoms with Crippen molar-refractivity contribution in [2.24, 2.45) is 5.92 Å². The zero-order valence-electron chi connectivity index (χ0n) is 9.57. The van der Waals surface area contributed by atoms with E-state index in [9.17, 15) is 0 Å². The molecule has 0 bridgehead atoms. The molecule has 0 radical (unpaired) electrons. The Bertz CT molecular complexity index is 371. The van der Waals surface area contributed by atoms with E-state index in [1.807, 2.05) is 13.8 Å². The molecule has 0 aromatic carbocycles. The molecule has 0 atom stereocenters. The Morgan fingerprint density at radius 2 is 2.12 bits per heavy atom. The van der Waals surface area contributed by atoms with Crippen LogP contribution in [0.2, 0.25) is 5.02 Å². The second-order valence-electron chi connectivity index (χ2n) is 4.03. The summed E-state index contributed by atoms with van der Waals surface area (Å²) in [6, 6.07) is 1.46. The van der Waals surface area contributed by atoms with E-state index >= 15 is 0 Å². The first kappa shape index (κ1) is 13.3. The van der Waals surface area contributed by atoms with Crippen molar-refractivity contribution >= 4 is 24.2 Å². The molecule has 0 saturated carbocycles. The molecule has 0 aliphatic heterocycles. The van der Waals surface area contributed by atoms with Gasteiger partial charge in [0.25, 0.3) is 0 Å². The molecule has 0 spiro atoms. The molecule has 16 heavy (non-hydrogen) atoms. The molecule has 1 aromatic heterocycles. The van der Waals surface area contributed by atoms with Crippen molar-refractivity contribution in [1.29, 1.82) is 0 Å². The fraction of sp³-hybridized carbons (Fsp3) is 0.500. The van der Waals surface area contributed by atoms with Crippen LogP contribution in [0.3, 0.4) is 0 Å². The Morgan fingerprint density at radius 1 is 1.50 bits per heavy atom. The van der Waals surface area contributed by atoms with Crippen molar-refractivity contribution < 1.29 is 14.8 Å². The van der Waals surface area contributed by atoms with Gasteiger partial charge >= 0.3 is 7.12 Å². The highest BCUT2D eigenvalue weighted by Crippen LogP contribution is 2.21. The molecule has 6 heteroatoms.